The van der Waals surface area contributed by atoms with Gasteiger partial charge in [0.15, 0.2) is 0 Å². The molecule has 1 heterocycles. The van der Waals surface area contributed by atoms with Gasteiger partial charge in [0.05, 0.1) is 12.3 Å². The SMILES string of the molecule is Cc1c(C(C)C(C)O)cnn1C. The fourth-order valence-electron chi connectivity index (χ4n) is 1.22. The van der Waals surface area contributed by atoms with Crippen molar-refractivity contribution in [3.8, 4) is 0 Å². The molecule has 1 N–H and O–H groups in total. The molecule has 0 bridgehead atoms. The average Bonchev–Trinajstić information content (AvgIpc) is 2.32. The summed E-state index contributed by atoms with van der Waals surface area (Å²) in [5.74, 6) is 0.165. The van der Waals surface area contributed by atoms with Crippen molar-refractivity contribution >= 4 is 0 Å². The van der Waals surface area contributed by atoms with Crippen LogP contribution in [0.15, 0.2) is 6.20 Å². The lowest BCUT2D eigenvalue weighted by Gasteiger charge is -2.13. The van der Waals surface area contributed by atoms with Gasteiger partial charge < -0.3 is 5.11 Å². The molecule has 0 aliphatic heterocycles. The number of hydrogen-bond donors (Lipinski definition) is 1. The lowest BCUT2D eigenvalue weighted by atomic mass is 9.97. The molecule has 1 aromatic heterocycles. The van der Waals surface area contributed by atoms with Gasteiger partial charge in [-0.05, 0) is 19.4 Å². The van der Waals surface area contributed by atoms with E-state index in [1.807, 2.05) is 31.8 Å². The molecule has 0 fully saturated rings. The second-order valence-corrected chi connectivity index (χ2v) is 3.34. The largest absolute Gasteiger partial charge is 0.393 e. The number of rotatable bonds is 2. The van der Waals surface area contributed by atoms with Gasteiger partial charge in [-0.15, -0.1) is 0 Å². The fraction of sp³-hybridized carbons (Fsp3) is 0.667. The molecule has 0 saturated carbocycles. The Kier molecular flexibility index (Phi) is 2.52. The van der Waals surface area contributed by atoms with Crippen molar-refractivity contribution in [3.05, 3.63) is 17.5 Å². The summed E-state index contributed by atoms with van der Waals surface area (Å²) in [6, 6.07) is 0. The van der Waals surface area contributed by atoms with E-state index in [9.17, 15) is 5.11 Å². The molecule has 0 aliphatic carbocycles. The summed E-state index contributed by atoms with van der Waals surface area (Å²) in [6.07, 6.45) is 1.51. The van der Waals surface area contributed by atoms with Gasteiger partial charge in [0.2, 0.25) is 0 Å². The van der Waals surface area contributed by atoms with Gasteiger partial charge in [-0.3, -0.25) is 4.68 Å². The molecule has 0 aliphatic rings. The second-order valence-electron chi connectivity index (χ2n) is 3.34. The van der Waals surface area contributed by atoms with Gasteiger partial charge in [-0.1, -0.05) is 6.92 Å². The quantitative estimate of drug-likeness (QED) is 0.721. The third-order valence-corrected chi connectivity index (χ3v) is 2.49. The first-order chi connectivity index (χ1) is 5.54. The third-order valence-electron chi connectivity index (χ3n) is 2.49. The van der Waals surface area contributed by atoms with Crippen molar-refractivity contribution in [2.75, 3.05) is 0 Å². The molecule has 12 heavy (non-hydrogen) atoms. The Hall–Kier alpha value is -0.830. The van der Waals surface area contributed by atoms with E-state index < -0.39 is 0 Å². The number of aryl methyl sites for hydroxylation is 1. The minimum atomic E-state index is -0.312. The van der Waals surface area contributed by atoms with Crippen LogP contribution in [0.1, 0.15) is 31.0 Å². The molecule has 0 radical (unpaired) electrons. The Morgan fingerprint density at radius 3 is 2.42 bits per heavy atom. The van der Waals surface area contributed by atoms with Gasteiger partial charge in [-0.25, -0.2) is 0 Å². The van der Waals surface area contributed by atoms with E-state index in [-0.39, 0.29) is 12.0 Å². The van der Waals surface area contributed by atoms with E-state index in [2.05, 4.69) is 5.10 Å². The van der Waals surface area contributed by atoms with Crippen molar-refractivity contribution in [3.63, 3.8) is 0 Å². The molecule has 0 spiro atoms. The minimum absolute atomic E-state index is 0.165. The van der Waals surface area contributed by atoms with Crippen LogP contribution < -0.4 is 0 Å². The molecule has 0 aromatic carbocycles. The zero-order valence-electron chi connectivity index (χ0n) is 8.07. The van der Waals surface area contributed by atoms with Crippen LogP contribution in [0.4, 0.5) is 0 Å². The normalized spacial score (nSPS) is 16.1. The van der Waals surface area contributed by atoms with Gasteiger partial charge in [0.25, 0.3) is 0 Å². The zero-order chi connectivity index (χ0) is 9.30. The second kappa shape index (κ2) is 3.27. The van der Waals surface area contributed by atoms with E-state index in [0.717, 1.165) is 11.3 Å². The summed E-state index contributed by atoms with van der Waals surface area (Å²) in [5, 5.41) is 13.5. The van der Waals surface area contributed by atoms with Crippen molar-refractivity contribution in [2.45, 2.75) is 32.8 Å². The van der Waals surface area contributed by atoms with E-state index >= 15 is 0 Å². The fourth-order valence-corrected chi connectivity index (χ4v) is 1.22. The van der Waals surface area contributed by atoms with Crippen LogP contribution >= 0.6 is 0 Å². The van der Waals surface area contributed by atoms with Crippen LogP contribution in [-0.2, 0) is 7.05 Å². The molecule has 0 amide bonds. The highest BCUT2D eigenvalue weighted by molar-refractivity contribution is 5.21. The maximum absolute atomic E-state index is 9.37. The monoisotopic (exact) mass is 168 g/mol. The Morgan fingerprint density at radius 1 is 1.50 bits per heavy atom. The van der Waals surface area contributed by atoms with Crippen LogP contribution in [0.5, 0.6) is 0 Å². The Morgan fingerprint density at radius 2 is 2.08 bits per heavy atom. The predicted octanol–water partition coefficient (Wildman–Crippen LogP) is 1.21. The topological polar surface area (TPSA) is 38.1 Å². The predicted molar refractivity (Wildman–Crippen MR) is 48.0 cm³/mol. The smallest absolute Gasteiger partial charge is 0.0579 e. The van der Waals surface area contributed by atoms with Crippen LogP contribution in [0.2, 0.25) is 0 Å². The molecule has 3 heteroatoms. The summed E-state index contributed by atoms with van der Waals surface area (Å²) in [4.78, 5) is 0. The minimum Gasteiger partial charge on any atom is -0.393 e. The van der Waals surface area contributed by atoms with Crippen LogP contribution in [0.25, 0.3) is 0 Å². The Labute approximate surface area is 73.0 Å². The Balaban J connectivity index is 2.95. The van der Waals surface area contributed by atoms with Crippen LogP contribution in [-0.4, -0.2) is 21.0 Å². The van der Waals surface area contributed by atoms with E-state index in [0.29, 0.717) is 0 Å². The van der Waals surface area contributed by atoms with Crippen molar-refractivity contribution in [1.29, 1.82) is 0 Å². The van der Waals surface area contributed by atoms with Gasteiger partial charge in [0.1, 0.15) is 0 Å². The molecule has 1 aromatic rings. The van der Waals surface area contributed by atoms with Gasteiger partial charge >= 0.3 is 0 Å². The first kappa shape index (κ1) is 9.26. The average molecular weight is 168 g/mol. The number of aliphatic hydroxyl groups excluding tert-OH is 1. The molecule has 3 nitrogen and oxygen atoms in total. The summed E-state index contributed by atoms with van der Waals surface area (Å²) in [6.45, 7) is 5.83. The molecule has 2 unspecified atom stereocenters. The van der Waals surface area contributed by atoms with Crippen LogP contribution in [0, 0.1) is 6.92 Å². The highest BCUT2D eigenvalue weighted by Crippen LogP contribution is 2.21. The first-order valence-corrected chi connectivity index (χ1v) is 4.20. The highest BCUT2D eigenvalue weighted by Gasteiger charge is 2.15. The third kappa shape index (κ3) is 1.50. The zero-order valence-corrected chi connectivity index (χ0v) is 8.07. The molecule has 1 rings (SSSR count). The van der Waals surface area contributed by atoms with E-state index in [1.165, 1.54) is 0 Å². The first-order valence-electron chi connectivity index (χ1n) is 4.20. The van der Waals surface area contributed by atoms with Gasteiger partial charge in [-0.2, -0.15) is 5.10 Å². The van der Waals surface area contributed by atoms with Gasteiger partial charge in [0, 0.05) is 18.7 Å². The van der Waals surface area contributed by atoms with Crippen molar-refractivity contribution < 1.29 is 5.11 Å². The summed E-state index contributed by atoms with van der Waals surface area (Å²) in [7, 11) is 1.91. The maximum Gasteiger partial charge on any atom is 0.0579 e. The van der Waals surface area contributed by atoms with Crippen molar-refractivity contribution in [1.82, 2.24) is 9.78 Å². The lowest BCUT2D eigenvalue weighted by Crippen LogP contribution is -2.11. The number of nitrogens with zero attached hydrogens (tertiary/aromatic N) is 2. The molecule has 0 saturated heterocycles. The summed E-state index contributed by atoms with van der Waals surface area (Å²) in [5.41, 5.74) is 2.26. The number of aliphatic hydroxyl groups is 1. The molecule has 68 valence electrons. The maximum atomic E-state index is 9.37. The van der Waals surface area contributed by atoms with Crippen LogP contribution in [0.3, 0.4) is 0 Å². The number of aromatic nitrogens is 2. The Bertz CT molecular complexity index is 265. The van der Waals surface area contributed by atoms with Crippen molar-refractivity contribution in [2.24, 2.45) is 7.05 Å². The standard InChI is InChI=1S/C9H16N2O/c1-6(8(3)12)9-5-10-11(4)7(9)2/h5-6,8,12H,1-4H3. The van der Waals surface area contributed by atoms with E-state index in [4.69, 9.17) is 0 Å². The summed E-state index contributed by atoms with van der Waals surface area (Å²) >= 11 is 0. The molecule has 2 atom stereocenters. The highest BCUT2D eigenvalue weighted by atomic mass is 16.3. The van der Waals surface area contributed by atoms with E-state index in [1.54, 1.807) is 6.92 Å². The molecular formula is C9H16N2O. The number of hydrogen-bond acceptors (Lipinski definition) is 2. The summed E-state index contributed by atoms with van der Waals surface area (Å²) < 4.78 is 1.83. The lowest BCUT2D eigenvalue weighted by molar-refractivity contribution is 0.168. The molecular weight excluding hydrogens is 152 g/mol.